The molecule has 1 aromatic carbocycles. The summed E-state index contributed by atoms with van der Waals surface area (Å²) in [4.78, 5) is 26.8. The van der Waals surface area contributed by atoms with Crippen molar-refractivity contribution in [3.8, 4) is 0 Å². The van der Waals surface area contributed by atoms with Gasteiger partial charge in [-0.15, -0.1) is 0 Å². The van der Waals surface area contributed by atoms with E-state index in [1.165, 1.54) is 15.9 Å². The molecule has 0 spiro atoms. The van der Waals surface area contributed by atoms with Gasteiger partial charge in [0.05, 0.1) is 4.90 Å². The van der Waals surface area contributed by atoms with E-state index in [-0.39, 0.29) is 29.2 Å². The second kappa shape index (κ2) is 7.79. The summed E-state index contributed by atoms with van der Waals surface area (Å²) in [5.41, 5.74) is 1.40. The Labute approximate surface area is 171 Å². The van der Waals surface area contributed by atoms with Crippen LogP contribution in [0.15, 0.2) is 38.8 Å². The summed E-state index contributed by atoms with van der Waals surface area (Å²) in [6, 6.07) is 7.02. The van der Waals surface area contributed by atoms with Crippen LogP contribution in [0, 0.1) is 6.92 Å². The Morgan fingerprint density at radius 2 is 1.45 bits per heavy atom. The van der Waals surface area contributed by atoms with E-state index in [0.717, 1.165) is 10.1 Å². The Morgan fingerprint density at radius 3 is 1.97 bits per heavy atom. The minimum Gasteiger partial charge on any atom is -0.363 e. The van der Waals surface area contributed by atoms with Gasteiger partial charge in [0.2, 0.25) is 10.0 Å². The molecule has 0 N–H and O–H groups in total. The zero-order chi connectivity index (χ0) is 21.5. The molecule has 2 heterocycles. The second-order valence-corrected chi connectivity index (χ2v) is 9.69. The molecular formula is C20H28N4O4S. The van der Waals surface area contributed by atoms with E-state index in [0.29, 0.717) is 30.4 Å². The molecule has 0 aliphatic carbocycles. The van der Waals surface area contributed by atoms with E-state index < -0.39 is 10.0 Å². The first-order valence-corrected chi connectivity index (χ1v) is 11.1. The van der Waals surface area contributed by atoms with Crippen molar-refractivity contribution >= 4 is 15.7 Å². The average Bonchev–Trinajstić information content (AvgIpc) is 2.71. The highest BCUT2D eigenvalue weighted by Crippen LogP contribution is 2.23. The zero-order valence-electron chi connectivity index (χ0n) is 17.5. The Kier molecular flexibility index (Phi) is 5.73. The van der Waals surface area contributed by atoms with Crippen molar-refractivity contribution in [3.63, 3.8) is 0 Å². The molecule has 1 fully saturated rings. The lowest BCUT2D eigenvalue weighted by atomic mass is 10.0. The molecule has 0 saturated carbocycles. The Balaban J connectivity index is 1.82. The quantitative estimate of drug-likeness (QED) is 0.738. The van der Waals surface area contributed by atoms with Crippen molar-refractivity contribution in [2.75, 3.05) is 31.1 Å². The number of hydrogen-bond acceptors (Lipinski definition) is 5. The molecule has 0 bridgehead atoms. The molecular weight excluding hydrogens is 392 g/mol. The van der Waals surface area contributed by atoms with E-state index in [1.807, 2.05) is 17.0 Å². The largest absolute Gasteiger partial charge is 0.363 e. The van der Waals surface area contributed by atoms with Gasteiger partial charge in [0.15, 0.2) is 0 Å². The molecule has 2 aromatic rings. The van der Waals surface area contributed by atoms with Gasteiger partial charge in [-0.2, -0.15) is 4.31 Å². The monoisotopic (exact) mass is 420 g/mol. The van der Waals surface area contributed by atoms with Gasteiger partial charge < -0.3 is 4.90 Å². The van der Waals surface area contributed by atoms with Crippen LogP contribution in [0.25, 0.3) is 0 Å². The van der Waals surface area contributed by atoms with Gasteiger partial charge in [-0.05, 0) is 30.5 Å². The molecule has 8 nitrogen and oxygen atoms in total. The van der Waals surface area contributed by atoms with E-state index in [2.05, 4.69) is 13.8 Å². The summed E-state index contributed by atoms with van der Waals surface area (Å²) < 4.78 is 30.0. The lowest BCUT2D eigenvalue weighted by molar-refractivity contribution is 0.383. The fourth-order valence-electron chi connectivity index (χ4n) is 3.62. The van der Waals surface area contributed by atoms with Crippen LogP contribution < -0.4 is 16.1 Å². The minimum atomic E-state index is -3.59. The summed E-state index contributed by atoms with van der Waals surface area (Å²) in [6.07, 6.45) is 0. The van der Waals surface area contributed by atoms with E-state index >= 15 is 0 Å². The number of piperazine rings is 1. The molecule has 9 heteroatoms. The standard InChI is InChI=1S/C20H28N4O4S/c1-14(2)16-6-8-17(9-7-16)29(27,28)24-12-10-23(11-13-24)18-15(3)21(4)20(26)22(5)19(18)25/h6-9,14H,10-13H2,1-5H3. The highest BCUT2D eigenvalue weighted by Gasteiger charge is 2.30. The molecule has 1 aromatic heterocycles. The number of hydrogen-bond donors (Lipinski definition) is 0. The highest BCUT2D eigenvalue weighted by atomic mass is 32.2. The zero-order valence-corrected chi connectivity index (χ0v) is 18.4. The molecule has 1 aliphatic rings. The molecule has 0 amide bonds. The van der Waals surface area contributed by atoms with Gasteiger partial charge in [-0.3, -0.25) is 13.9 Å². The third-order valence-electron chi connectivity index (χ3n) is 5.67. The van der Waals surface area contributed by atoms with Crippen molar-refractivity contribution in [1.29, 1.82) is 0 Å². The number of anilines is 1. The summed E-state index contributed by atoms with van der Waals surface area (Å²) in [6.45, 7) is 7.19. The fourth-order valence-corrected chi connectivity index (χ4v) is 5.04. The van der Waals surface area contributed by atoms with Crippen molar-refractivity contribution in [2.24, 2.45) is 14.1 Å². The van der Waals surface area contributed by atoms with Gasteiger partial charge in [-0.1, -0.05) is 26.0 Å². The van der Waals surface area contributed by atoms with Gasteiger partial charge >= 0.3 is 5.69 Å². The van der Waals surface area contributed by atoms with E-state index in [4.69, 9.17) is 0 Å². The predicted octanol–water partition coefficient (Wildman–Crippen LogP) is 1.03. The SMILES string of the molecule is Cc1c(N2CCN(S(=O)(=O)c3ccc(C(C)C)cc3)CC2)c(=O)n(C)c(=O)n1C. The maximum atomic E-state index is 13.0. The summed E-state index contributed by atoms with van der Waals surface area (Å²) in [5.74, 6) is 0.336. The maximum Gasteiger partial charge on any atom is 0.330 e. The third kappa shape index (κ3) is 3.76. The molecule has 3 rings (SSSR count). The van der Waals surface area contributed by atoms with Gasteiger partial charge in [-0.25, -0.2) is 13.2 Å². The van der Waals surface area contributed by atoms with Crippen LogP contribution in [0.5, 0.6) is 0 Å². The van der Waals surface area contributed by atoms with Crippen LogP contribution >= 0.6 is 0 Å². The minimum absolute atomic E-state index is 0.277. The number of sulfonamides is 1. The molecule has 0 atom stereocenters. The lowest BCUT2D eigenvalue weighted by Crippen LogP contribution is -2.51. The van der Waals surface area contributed by atoms with Crippen LogP contribution in [0.1, 0.15) is 31.0 Å². The number of aromatic nitrogens is 2. The predicted molar refractivity (Wildman–Crippen MR) is 113 cm³/mol. The van der Waals surface area contributed by atoms with Crippen molar-refractivity contribution < 1.29 is 8.42 Å². The first-order chi connectivity index (χ1) is 13.6. The fraction of sp³-hybridized carbons (Fsp3) is 0.500. The highest BCUT2D eigenvalue weighted by molar-refractivity contribution is 7.89. The van der Waals surface area contributed by atoms with Crippen LogP contribution in [0.3, 0.4) is 0 Å². The first kappa shape index (κ1) is 21.3. The Morgan fingerprint density at radius 1 is 0.897 bits per heavy atom. The lowest BCUT2D eigenvalue weighted by Gasteiger charge is -2.35. The van der Waals surface area contributed by atoms with E-state index in [1.54, 1.807) is 26.1 Å². The second-order valence-electron chi connectivity index (χ2n) is 7.75. The third-order valence-corrected chi connectivity index (χ3v) is 7.58. The molecule has 29 heavy (non-hydrogen) atoms. The van der Waals surface area contributed by atoms with Crippen LogP contribution in [-0.4, -0.2) is 48.0 Å². The van der Waals surface area contributed by atoms with Gasteiger partial charge in [0, 0.05) is 46.0 Å². The molecule has 158 valence electrons. The molecule has 0 unspecified atom stereocenters. The Bertz CT molecular complexity index is 1120. The van der Waals surface area contributed by atoms with Gasteiger partial charge in [0.25, 0.3) is 5.56 Å². The normalized spacial score (nSPS) is 15.9. The van der Waals surface area contributed by atoms with Gasteiger partial charge in [0.1, 0.15) is 5.69 Å². The Hall–Kier alpha value is -2.39. The molecule has 0 radical (unpaired) electrons. The number of benzene rings is 1. The van der Waals surface area contributed by atoms with Crippen LogP contribution in [0.4, 0.5) is 5.69 Å². The van der Waals surface area contributed by atoms with Crippen molar-refractivity contribution in [2.45, 2.75) is 31.6 Å². The number of rotatable bonds is 4. The summed E-state index contributed by atoms with van der Waals surface area (Å²) in [7, 11) is -0.505. The smallest absolute Gasteiger partial charge is 0.330 e. The average molecular weight is 421 g/mol. The van der Waals surface area contributed by atoms with E-state index in [9.17, 15) is 18.0 Å². The van der Waals surface area contributed by atoms with Crippen molar-refractivity contribution in [3.05, 3.63) is 56.4 Å². The van der Waals surface area contributed by atoms with Crippen LogP contribution in [-0.2, 0) is 24.1 Å². The van der Waals surface area contributed by atoms with Crippen molar-refractivity contribution in [1.82, 2.24) is 13.4 Å². The number of nitrogens with zero attached hydrogens (tertiary/aromatic N) is 4. The van der Waals surface area contributed by atoms with Crippen LogP contribution in [0.2, 0.25) is 0 Å². The summed E-state index contributed by atoms with van der Waals surface area (Å²) in [5, 5.41) is 0. The topological polar surface area (TPSA) is 84.6 Å². The summed E-state index contributed by atoms with van der Waals surface area (Å²) >= 11 is 0. The maximum absolute atomic E-state index is 13.0. The first-order valence-electron chi connectivity index (χ1n) is 9.67. The molecule has 1 aliphatic heterocycles. The molecule has 1 saturated heterocycles.